The molecule has 2 rings (SSSR count). The third-order valence-electron chi connectivity index (χ3n) is 2.05. The zero-order chi connectivity index (χ0) is 9.80. The van der Waals surface area contributed by atoms with Gasteiger partial charge in [-0.25, -0.2) is 4.98 Å². The quantitative estimate of drug-likeness (QED) is 0.830. The van der Waals surface area contributed by atoms with Crippen LogP contribution in [0.4, 0.5) is 0 Å². The van der Waals surface area contributed by atoms with Crippen molar-refractivity contribution in [2.24, 2.45) is 0 Å². The molecule has 2 aromatic rings. The lowest BCUT2D eigenvalue weighted by atomic mass is 10.3. The molecule has 0 atom stereocenters. The van der Waals surface area contributed by atoms with Gasteiger partial charge >= 0.3 is 0 Å². The fourth-order valence-corrected chi connectivity index (χ4v) is 2.00. The van der Waals surface area contributed by atoms with E-state index >= 15 is 0 Å². The van der Waals surface area contributed by atoms with E-state index in [4.69, 9.17) is 5.11 Å². The SMILES string of the molecule is OCc1cn(CCc2cccs2)cn1. The van der Waals surface area contributed by atoms with Crippen LogP contribution in [0, 0.1) is 0 Å². The van der Waals surface area contributed by atoms with Crippen LogP contribution in [0.3, 0.4) is 0 Å². The summed E-state index contributed by atoms with van der Waals surface area (Å²) in [5.41, 5.74) is 0.733. The van der Waals surface area contributed by atoms with Gasteiger partial charge in [-0.2, -0.15) is 0 Å². The molecule has 0 saturated heterocycles. The van der Waals surface area contributed by atoms with Gasteiger partial charge in [-0.1, -0.05) is 6.07 Å². The Hall–Kier alpha value is -1.13. The highest BCUT2D eigenvalue weighted by atomic mass is 32.1. The minimum Gasteiger partial charge on any atom is -0.390 e. The largest absolute Gasteiger partial charge is 0.390 e. The molecule has 0 aliphatic rings. The maximum Gasteiger partial charge on any atom is 0.0950 e. The van der Waals surface area contributed by atoms with Crippen LogP contribution in [-0.2, 0) is 19.6 Å². The number of aliphatic hydroxyl groups excluding tert-OH is 1. The molecule has 0 unspecified atom stereocenters. The van der Waals surface area contributed by atoms with Crippen LogP contribution in [0.5, 0.6) is 0 Å². The maximum absolute atomic E-state index is 8.83. The molecule has 0 fully saturated rings. The average Bonchev–Trinajstić information content (AvgIpc) is 2.86. The van der Waals surface area contributed by atoms with Gasteiger partial charge in [-0.15, -0.1) is 11.3 Å². The van der Waals surface area contributed by atoms with E-state index < -0.39 is 0 Å². The molecule has 0 spiro atoms. The van der Waals surface area contributed by atoms with Crippen molar-refractivity contribution in [2.75, 3.05) is 0 Å². The number of aliphatic hydroxyl groups is 1. The Kier molecular flexibility index (Phi) is 2.96. The van der Waals surface area contributed by atoms with E-state index in [0.717, 1.165) is 18.7 Å². The molecule has 3 nitrogen and oxygen atoms in total. The lowest BCUT2D eigenvalue weighted by Crippen LogP contribution is -1.96. The van der Waals surface area contributed by atoms with E-state index in [9.17, 15) is 0 Å². The minimum absolute atomic E-state index is 0.0198. The fourth-order valence-electron chi connectivity index (χ4n) is 1.30. The van der Waals surface area contributed by atoms with Gasteiger partial charge in [0.15, 0.2) is 0 Å². The van der Waals surface area contributed by atoms with E-state index in [2.05, 4.69) is 22.5 Å². The normalized spacial score (nSPS) is 10.6. The molecular weight excluding hydrogens is 196 g/mol. The van der Waals surface area contributed by atoms with Gasteiger partial charge in [0.25, 0.3) is 0 Å². The van der Waals surface area contributed by atoms with Crippen molar-refractivity contribution in [3.63, 3.8) is 0 Å². The molecule has 0 radical (unpaired) electrons. The Balaban J connectivity index is 1.92. The van der Waals surface area contributed by atoms with E-state index in [1.165, 1.54) is 4.88 Å². The average molecular weight is 208 g/mol. The second-order valence-electron chi connectivity index (χ2n) is 3.09. The molecule has 0 amide bonds. The molecule has 1 N–H and O–H groups in total. The zero-order valence-electron chi connectivity index (χ0n) is 7.76. The van der Waals surface area contributed by atoms with Gasteiger partial charge < -0.3 is 9.67 Å². The summed E-state index contributed by atoms with van der Waals surface area (Å²) in [6.07, 6.45) is 4.67. The third-order valence-corrected chi connectivity index (χ3v) is 2.98. The first-order chi connectivity index (χ1) is 6.88. The molecule has 2 heterocycles. The highest BCUT2D eigenvalue weighted by molar-refractivity contribution is 7.09. The Morgan fingerprint density at radius 1 is 1.50 bits per heavy atom. The van der Waals surface area contributed by atoms with Crippen LogP contribution in [0.25, 0.3) is 0 Å². The van der Waals surface area contributed by atoms with Crippen LogP contribution in [-0.4, -0.2) is 14.7 Å². The number of imidazole rings is 1. The molecule has 0 aromatic carbocycles. The molecule has 14 heavy (non-hydrogen) atoms. The number of thiophene rings is 1. The van der Waals surface area contributed by atoms with Crippen molar-refractivity contribution in [1.82, 2.24) is 9.55 Å². The molecule has 2 aromatic heterocycles. The highest BCUT2D eigenvalue weighted by Crippen LogP contribution is 2.10. The Bertz CT molecular complexity index is 380. The standard InChI is InChI=1S/C10H12N2OS/c13-7-9-6-12(8-11-9)4-3-10-2-1-5-14-10/h1-2,5-6,8,13H,3-4,7H2. The lowest BCUT2D eigenvalue weighted by molar-refractivity contribution is 0.277. The highest BCUT2D eigenvalue weighted by Gasteiger charge is 1.98. The topological polar surface area (TPSA) is 38.0 Å². The molecule has 74 valence electrons. The summed E-state index contributed by atoms with van der Waals surface area (Å²) in [6.45, 7) is 0.944. The summed E-state index contributed by atoms with van der Waals surface area (Å²) in [6, 6.07) is 4.20. The number of aryl methyl sites for hydroxylation is 2. The number of hydrogen-bond donors (Lipinski definition) is 1. The lowest BCUT2D eigenvalue weighted by Gasteiger charge is -1.98. The van der Waals surface area contributed by atoms with Gasteiger partial charge in [-0.3, -0.25) is 0 Å². The summed E-state index contributed by atoms with van der Waals surface area (Å²) in [5, 5.41) is 10.9. The maximum atomic E-state index is 8.83. The number of hydrogen-bond acceptors (Lipinski definition) is 3. The van der Waals surface area contributed by atoms with Crippen molar-refractivity contribution in [3.8, 4) is 0 Å². The first kappa shape index (κ1) is 9.43. The van der Waals surface area contributed by atoms with Crippen molar-refractivity contribution in [2.45, 2.75) is 19.6 Å². The predicted molar refractivity (Wildman–Crippen MR) is 56.2 cm³/mol. The number of rotatable bonds is 4. The van der Waals surface area contributed by atoms with Crippen LogP contribution in [0.2, 0.25) is 0 Å². The molecule has 4 heteroatoms. The second-order valence-corrected chi connectivity index (χ2v) is 4.12. The molecular formula is C10H12N2OS. The van der Waals surface area contributed by atoms with E-state index in [1.807, 2.05) is 10.8 Å². The van der Waals surface area contributed by atoms with Gasteiger partial charge in [0.1, 0.15) is 0 Å². The Morgan fingerprint density at radius 2 is 2.43 bits per heavy atom. The van der Waals surface area contributed by atoms with Crippen LogP contribution >= 0.6 is 11.3 Å². The van der Waals surface area contributed by atoms with Gasteiger partial charge in [-0.05, 0) is 17.9 Å². The Labute approximate surface area is 86.7 Å². The first-order valence-electron chi connectivity index (χ1n) is 4.52. The smallest absolute Gasteiger partial charge is 0.0950 e. The number of aromatic nitrogens is 2. The Morgan fingerprint density at radius 3 is 3.07 bits per heavy atom. The summed E-state index contributed by atoms with van der Waals surface area (Å²) in [4.78, 5) is 5.43. The summed E-state index contributed by atoms with van der Waals surface area (Å²) < 4.78 is 2.01. The summed E-state index contributed by atoms with van der Waals surface area (Å²) >= 11 is 1.77. The fraction of sp³-hybridized carbons (Fsp3) is 0.300. The first-order valence-corrected chi connectivity index (χ1v) is 5.40. The van der Waals surface area contributed by atoms with E-state index in [1.54, 1.807) is 17.7 Å². The zero-order valence-corrected chi connectivity index (χ0v) is 8.57. The molecule has 0 bridgehead atoms. The predicted octanol–water partition coefficient (Wildman–Crippen LogP) is 1.68. The molecule has 0 aliphatic carbocycles. The van der Waals surface area contributed by atoms with Crippen LogP contribution < -0.4 is 0 Å². The second kappa shape index (κ2) is 4.39. The van der Waals surface area contributed by atoms with Crippen molar-refractivity contribution < 1.29 is 5.11 Å². The van der Waals surface area contributed by atoms with E-state index in [0.29, 0.717) is 0 Å². The minimum atomic E-state index is 0.0198. The van der Waals surface area contributed by atoms with Crippen molar-refractivity contribution in [3.05, 3.63) is 40.6 Å². The van der Waals surface area contributed by atoms with Crippen molar-refractivity contribution in [1.29, 1.82) is 0 Å². The molecule has 0 aliphatic heterocycles. The van der Waals surface area contributed by atoms with Crippen molar-refractivity contribution >= 4 is 11.3 Å². The monoisotopic (exact) mass is 208 g/mol. The van der Waals surface area contributed by atoms with Gasteiger partial charge in [0.05, 0.1) is 18.6 Å². The van der Waals surface area contributed by atoms with Gasteiger partial charge in [0, 0.05) is 17.6 Å². The summed E-state index contributed by atoms with van der Waals surface area (Å²) in [7, 11) is 0. The summed E-state index contributed by atoms with van der Waals surface area (Å²) in [5.74, 6) is 0. The number of nitrogens with zero attached hydrogens (tertiary/aromatic N) is 2. The van der Waals surface area contributed by atoms with Gasteiger partial charge in [0.2, 0.25) is 0 Å². The van der Waals surface area contributed by atoms with Crippen LogP contribution in [0.1, 0.15) is 10.6 Å². The third kappa shape index (κ3) is 2.21. The van der Waals surface area contributed by atoms with Crippen LogP contribution in [0.15, 0.2) is 30.0 Å². The van der Waals surface area contributed by atoms with E-state index in [-0.39, 0.29) is 6.61 Å². The molecule has 0 saturated carbocycles.